The van der Waals surface area contributed by atoms with Gasteiger partial charge in [0, 0.05) is 24.8 Å². The Morgan fingerprint density at radius 1 is 1.11 bits per heavy atom. The highest BCUT2D eigenvalue weighted by Gasteiger charge is 2.36. The molecule has 0 spiro atoms. The minimum Gasteiger partial charge on any atom is -0.478 e. The van der Waals surface area contributed by atoms with E-state index < -0.39 is 22.0 Å². The largest absolute Gasteiger partial charge is 0.478 e. The van der Waals surface area contributed by atoms with Gasteiger partial charge in [-0.3, -0.25) is 9.59 Å². The van der Waals surface area contributed by atoms with Crippen LogP contribution in [0.3, 0.4) is 0 Å². The molecule has 0 saturated carbocycles. The number of nitrogens with zero attached hydrogens (tertiary/aromatic N) is 1. The lowest BCUT2D eigenvalue weighted by Gasteiger charge is -2.32. The van der Waals surface area contributed by atoms with Crippen LogP contribution in [0.2, 0.25) is 0 Å². The average Bonchev–Trinajstić information content (AvgIpc) is 2.80. The van der Waals surface area contributed by atoms with Crippen molar-refractivity contribution in [2.24, 2.45) is 5.92 Å². The Morgan fingerprint density at radius 3 is 2.46 bits per heavy atom. The van der Waals surface area contributed by atoms with Crippen LogP contribution in [0.4, 0.5) is 11.4 Å². The third kappa shape index (κ3) is 4.92. The number of rotatable bonds is 5. The van der Waals surface area contributed by atoms with Crippen molar-refractivity contribution in [3.05, 3.63) is 46.5 Å². The van der Waals surface area contributed by atoms with Gasteiger partial charge in [0.1, 0.15) is 5.75 Å². The van der Waals surface area contributed by atoms with Gasteiger partial charge in [-0.2, -0.15) is 4.31 Å². The number of nitrogens with one attached hydrogen (secondary N) is 2. The Balaban J connectivity index is 1.56. The molecule has 2 aromatic rings. The van der Waals surface area contributed by atoms with Crippen molar-refractivity contribution in [2.75, 3.05) is 23.7 Å². The van der Waals surface area contributed by atoms with Crippen molar-refractivity contribution < 1.29 is 22.7 Å². The van der Waals surface area contributed by atoms with Gasteiger partial charge in [-0.05, 0) is 69.7 Å². The molecule has 0 aliphatic carbocycles. The molecule has 1 fully saturated rings. The Labute approximate surface area is 207 Å². The van der Waals surface area contributed by atoms with Gasteiger partial charge < -0.3 is 15.4 Å². The summed E-state index contributed by atoms with van der Waals surface area (Å²) in [6.07, 6.45) is 1.04. The highest BCUT2D eigenvalue weighted by atomic mass is 32.2. The number of anilines is 2. The van der Waals surface area contributed by atoms with Crippen molar-refractivity contribution in [3.8, 4) is 5.75 Å². The van der Waals surface area contributed by atoms with Crippen LogP contribution in [-0.2, 0) is 19.6 Å². The zero-order chi connectivity index (χ0) is 25.5. The molecule has 2 aliphatic rings. The lowest BCUT2D eigenvalue weighted by atomic mass is 9.98. The van der Waals surface area contributed by atoms with Crippen LogP contribution < -0.4 is 15.4 Å². The van der Waals surface area contributed by atoms with Gasteiger partial charge in [0.15, 0.2) is 6.10 Å². The van der Waals surface area contributed by atoms with Crippen molar-refractivity contribution in [2.45, 2.75) is 64.9 Å². The topological polar surface area (TPSA) is 105 Å². The third-order valence-corrected chi connectivity index (χ3v) is 8.77. The molecule has 0 unspecified atom stereocenters. The van der Waals surface area contributed by atoms with E-state index in [1.807, 2.05) is 39.8 Å². The van der Waals surface area contributed by atoms with Gasteiger partial charge in [-0.1, -0.05) is 24.6 Å². The van der Waals surface area contributed by atoms with Crippen LogP contribution in [0.25, 0.3) is 0 Å². The number of hydrogen-bond acceptors (Lipinski definition) is 5. The summed E-state index contributed by atoms with van der Waals surface area (Å²) < 4.78 is 34.4. The van der Waals surface area contributed by atoms with E-state index in [4.69, 9.17) is 4.74 Å². The number of benzene rings is 2. The Hall–Kier alpha value is -2.91. The minimum atomic E-state index is -3.86. The highest BCUT2D eigenvalue weighted by molar-refractivity contribution is 7.89. The summed E-state index contributed by atoms with van der Waals surface area (Å²) in [4.78, 5) is 25.4. The fraction of sp³-hybridized carbons (Fsp3) is 0.462. The first-order valence-electron chi connectivity index (χ1n) is 12.0. The Kier molecular flexibility index (Phi) is 6.92. The molecule has 2 aromatic carbocycles. The van der Waals surface area contributed by atoms with Crippen LogP contribution in [0.15, 0.2) is 29.2 Å². The maximum atomic E-state index is 13.6. The molecule has 1 saturated heterocycles. The summed E-state index contributed by atoms with van der Waals surface area (Å²) in [5, 5.41) is 5.83. The number of piperidine rings is 1. The molecule has 0 aromatic heterocycles. The standard InChI is InChI=1S/C26H33N3O5S/c1-6-21-26(31)27-20-12-16(3)23(13-22(20)34-21)35(32,33)29-9-7-8-19(14-29)25(30)28-24-17(4)10-15(2)11-18(24)5/h10-13,19,21H,6-9,14H2,1-5H3,(H,27,31)(H,28,30)/t19-,21+/m0/s1. The molecule has 2 N–H and O–H groups in total. The second-order valence-electron chi connectivity index (χ2n) is 9.58. The molecule has 8 nitrogen and oxygen atoms in total. The monoisotopic (exact) mass is 499 g/mol. The van der Waals surface area contributed by atoms with Crippen molar-refractivity contribution in [3.63, 3.8) is 0 Å². The quantitative estimate of drug-likeness (QED) is 0.645. The van der Waals surface area contributed by atoms with Gasteiger partial charge in [0.25, 0.3) is 5.91 Å². The van der Waals surface area contributed by atoms with Crippen LogP contribution in [-0.4, -0.2) is 43.7 Å². The molecule has 0 radical (unpaired) electrons. The molecule has 2 heterocycles. The van der Waals surface area contributed by atoms with E-state index in [2.05, 4.69) is 10.6 Å². The molecule has 35 heavy (non-hydrogen) atoms. The van der Waals surface area contributed by atoms with Crippen LogP contribution >= 0.6 is 0 Å². The first-order chi connectivity index (χ1) is 16.5. The number of aryl methyl sites for hydroxylation is 4. The molecule has 4 rings (SSSR count). The molecular weight excluding hydrogens is 466 g/mol. The van der Waals surface area contributed by atoms with Crippen LogP contribution in [0, 0.1) is 33.6 Å². The maximum Gasteiger partial charge on any atom is 0.265 e. The predicted molar refractivity (Wildman–Crippen MR) is 135 cm³/mol. The first-order valence-corrected chi connectivity index (χ1v) is 13.5. The SMILES string of the molecule is CC[C@H]1Oc2cc(S(=O)(=O)N3CCC[C@H](C(=O)Nc4c(C)cc(C)cc4C)C3)c(C)cc2NC1=O. The summed E-state index contributed by atoms with van der Waals surface area (Å²) in [7, 11) is -3.86. The van der Waals surface area contributed by atoms with E-state index in [0.29, 0.717) is 42.8 Å². The molecule has 188 valence electrons. The second kappa shape index (κ2) is 9.62. The normalized spacial score (nSPS) is 20.5. The fourth-order valence-electron chi connectivity index (χ4n) is 4.95. The smallest absolute Gasteiger partial charge is 0.265 e. The number of amides is 2. The Morgan fingerprint density at radius 2 is 1.80 bits per heavy atom. The molecule has 2 atom stereocenters. The summed E-state index contributed by atoms with van der Waals surface area (Å²) in [6.45, 7) is 9.92. The lowest BCUT2D eigenvalue weighted by Crippen LogP contribution is -2.44. The number of carbonyl (C=O) groups is 2. The zero-order valence-corrected chi connectivity index (χ0v) is 21.7. The summed E-state index contributed by atoms with van der Waals surface area (Å²) >= 11 is 0. The fourth-order valence-corrected chi connectivity index (χ4v) is 6.69. The molecule has 2 aliphatic heterocycles. The zero-order valence-electron chi connectivity index (χ0n) is 20.9. The molecule has 0 bridgehead atoms. The number of hydrogen-bond donors (Lipinski definition) is 2. The molecular formula is C26H33N3O5S. The first kappa shape index (κ1) is 25.2. The van der Waals surface area contributed by atoms with Gasteiger partial charge in [-0.15, -0.1) is 0 Å². The third-order valence-electron chi connectivity index (χ3n) is 6.77. The number of fused-ring (bicyclic) bond motifs is 1. The molecule has 2 amide bonds. The maximum absolute atomic E-state index is 13.6. The van der Waals surface area contributed by atoms with E-state index in [9.17, 15) is 18.0 Å². The van der Waals surface area contributed by atoms with Crippen LogP contribution in [0.1, 0.15) is 48.4 Å². The van der Waals surface area contributed by atoms with E-state index in [1.165, 1.54) is 10.4 Å². The van der Waals surface area contributed by atoms with Crippen molar-refractivity contribution >= 4 is 33.2 Å². The lowest BCUT2D eigenvalue weighted by molar-refractivity contribution is -0.123. The Bertz CT molecular complexity index is 1270. The highest BCUT2D eigenvalue weighted by Crippen LogP contribution is 2.37. The summed E-state index contributed by atoms with van der Waals surface area (Å²) in [5.41, 5.74) is 4.87. The second-order valence-corrected chi connectivity index (χ2v) is 11.5. The van der Waals surface area contributed by atoms with Crippen molar-refractivity contribution in [1.82, 2.24) is 4.31 Å². The average molecular weight is 500 g/mol. The predicted octanol–water partition coefficient (Wildman–Crippen LogP) is 4.07. The van der Waals surface area contributed by atoms with Gasteiger partial charge in [-0.25, -0.2) is 8.42 Å². The van der Waals surface area contributed by atoms with E-state index in [0.717, 1.165) is 22.4 Å². The van der Waals surface area contributed by atoms with Gasteiger partial charge in [0.05, 0.1) is 16.5 Å². The number of carbonyl (C=O) groups excluding carboxylic acids is 2. The molecule has 9 heteroatoms. The van der Waals surface area contributed by atoms with E-state index in [1.54, 1.807) is 13.0 Å². The van der Waals surface area contributed by atoms with Crippen molar-refractivity contribution in [1.29, 1.82) is 0 Å². The minimum absolute atomic E-state index is 0.115. The van der Waals surface area contributed by atoms with Gasteiger partial charge in [0.2, 0.25) is 15.9 Å². The number of sulfonamides is 1. The summed E-state index contributed by atoms with van der Waals surface area (Å²) in [6, 6.07) is 7.16. The summed E-state index contributed by atoms with van der Waals surface area (Å²) in [5.74, 6) is -0.508. The van der Waals surface area contributed by atoms with E-state index in [-0.39, 0.29) is 23.3 Å². The number of ether oxygens (including phenoxy) is 1. The van der Waals surface area contributed by atoms with E-state index >= 15 is 0 Å². The van der Waals surface area contributed by atoms with Crippen LogP contribution in [0.5, 0.6) is 5.75 Å². The van der Waals surface area contributed by atoms with Gasteiger partial charge >= 0.3 is 0 Å².